The Morgan fingerprint density at radius 3 is 2.42 bits per heavy atom. The van der Waals surface area contributed by atoms with E-state index in [1.165, 1.54) is 32.4 Å². The van der Waals surface area contributed by atoms with Crippen molar-refractivity contribution in [2.24, 2.45) is 0 Å². The molecule has 3 aromatic rings. The molecule has 0 aliphatic heterocycles. The zero-order chi connectivity index (χ0) is 19.0. The number of phenols is 2. The van der Waals surface area contributed by atoms with E-state index in [1.54, 1.807) is 0 Å². The predicted molar refractivity (Wildman–Crippen MR) is 99.6 cm³/mol. The van der Waals surface area contributed by atoms with Gasteiger partial charge in [0, 0.05) is 23.8 Å². The average molecular weight is 356 g/mol. The van der Waals surface area contributed by atoms with Gasteiger partial charge in [-0.2, -0.15) is 0 Å². The maximum absolute atomic E-state index is 13.1. The number of rotatable bonds is 5. The zero-order valence-electron chi connectivity index (χ0n) is 14.9. The van der Waals surface area contributed by atoms with Gasteiger partial charge < -0.3 is 24.1 Å². The van der Waals surface area contributed by atoms with Gasteiger partial charge in [-0.05, 0) is 19.8 Å². The SMILES string of the molecule is C=C(C)CCc1c(O)c(OC)cc2oc3cc(OC)cc(O)c3c(=O)c12. The quantitative estimate of drug-likeness (QED) is 0.533. The number of allylic oxidation sites excluding steroid dienone is 1. The summed E-state index contributed by atoms with van der Waals surface area (Å²) in [6, 6.07) is 4.34. The molecule has 6 heteroatoms. The van der Waals surface area contributed by atoms with E-state index < -0.39 is 5.43 Å². The van der Waals surface area contributed by atoms with E-state index in [0.717, 1.165) is 5.57 Å². The highest BCUT2D eigenvalue weighted by atomic mass is 16.5. The second kappa shape index (κ2) is 6.63. The summed E-state index contributed by atoms with van der Waals surface area (Å²) in [5.74, 6) is 0.228. The van der Waals surface area contributed by atoms with E-state index in [2.05, 4.69) is 6.58 Å². The van der Waals surface area contributed by atoms with Gasteiger partial charge in [-0.3, -0.25) is 4.79 Å². The fraction of sp³-hybridized carbons (Fsp3) is 0.250. The summed E-state index contributed by atoms with van der Waals surface area (Å²) in [6.45, 7) is 5.73. The number of hydrogen-bond acceptors (Lipinski definition) is 6. The Bertz CT molecular complexity index is 1080. The second-order valence-electron chi connectivity index (χ2n) is 6.19. The minimum atomic E-state index is -0.420. The third kappa shape index (κ3) is 2.83. The zero-order valence-corrected chi connectivity index (χ0v) is 14.9. The van der Waals surface area contributed by atoms with Crippen LogP contribution in [0.2, 0.25) is 0 Å². The van der Waals surface area contributed by atoms with E-state index in [9.17, 15) is 15.0 Å². The topological polar surface area (TPSA) is 89.1 Å². The Kier molecular flexibility index (Phi) is 4.50. The lowest BCUT2D eigenvalue weighted by Gasteiger charge is -2.13. The molecule has 0 saturated carbocycles. The van der Waals surface area contributed by atoms with Gasteiger partial charge in [0.2, 0.25) is 5.43 Å². The minimum Gasteiger partial charge on any atom is -0.507 e. The molecule has 2 aromatic carbocycles. The molecule has 0 radical (unpaired) electrons. The smallest absolute Gasteiger partial charge is 0.204 e. The number of hydrogen-bond donors (Lipinski definition) is 2. The Hall–Kier alpha value is -3.15. The van der Waals surface area contributed by atoms with E-state index in [-0.39, 0.29) is 39.2 Å². The first-order chi connectivity index (χ1) is 12.4. The van der Waals surface area contributed by atoms with Gasteiger partial charge in [-0.1, -0.05) is 5.57 Å². The molecule has 136 valence electrons. The standard InChI is InChI=1S/C20H20O6/c1-10(2)5-6-12-17-15(9-16(25-4)19(12)22)26-14-8-11(24-3)7-13(21)18(14)20(17)23/h7-9,21-22H,1,5-6H2,2-4H3. The van der Waals surface area contributed by atoms with E-state index in [4.69, 9.17) is 13.9 Å². The van der Waals surface area contributed by atoms with E-state index in [1.807, 2.05) is 6.92 Å². The van der Waals surface area contributed by atoms with Gasteiger partial charge in [-0.15, -0.1) is 6.58 Å². The third-order valence-corrected chi connectivity index (χ3v) is 4.32. The first-order valence-electron chi connectivity index (χ1n) is 8.08. The van der Waals surface area contributed by atoms with Crippen LogP contribution >= 0.6 is 0 Å². The number of benzene rings is 2. The van der Waals surface area contributed by atoms with Gasteiger partial charge >= 0.3 is 0 Å². The Morgan fingerprint density at radius 1 is 1.12 bits per heavy atom. The Labute approximate surface area is 149 Å². The molecular formula is C20H20O6. The predicted octanol–water partition coefficient (Wildman–Crippen LogP) is 3.88. The Balaban J connectivity index is 2.44. The maximum atomic E-state index is 13.1. The van der Waals surface area contributed by atoms with Crippen molar-refractivity contribution in [2.75, 3.05) is 14.2 Å². The van der Waals surface area contributed by atoms with Crippen molar-refractivity contribution in [3.05, 3.63) is 46.1 Å². The summed E-state index contributed by atoms with van der Waals surface area (Å²) >= 11 is 0. The maximum Gasteiger partial charge on any atom is 0.204 e. The number of methoxy groups -OCH3 is 2. The van der Waals surface area contributed by atoms with E-state index >= 15 is 0 Å². The Morgan fingerprint density at radius 2 is 1.81 bits per heavy atom. The van der Waals surface area contributed by atoms with Crippen molar-refractivity contribution in [1.82, 2.24) is 0 Å². The monoisotopic (exact) mass is 356 g/mol. The molecule has 0 aliphatic carbocycles. The van der Waals surface area contributed by atoms with Crippen LogP contribution in [0.3, 0.4) is 0 Å². The number of ether oxygens (including phenoxy) is 2. The number of fused-ring (bicyclic) bond motifs is 2. The van der Waals surface area contributed by atoms with Crippen LogP contribution in [0.1, 0.15) is 18.9 Å². The van der Waals surface area contributed by atoms with Crippen LogP contribution in [0.15, 0.2) is 39.6 Å². The summed E-state index contributed by atoms with van der Waals surface area (Å²) < 4.78 is 16.2. The van der Waals surface area contributed by atoms with Crippen LogP contribution < -0.4 is 14.9 Å². The van der Waals surface area contributed by atoms with E-state index in [0.29, 0.717) is 24.2 Å². The molecule has 3 rings (SSSR count). The highest BCUT2D eigenvalue weighted by Gasteiger charge is 2.21. The summed E-state index contributed by atoms with van der Waals surface area (Å²) in [5.41, 5.74) is 1.36. The van der Waals surface area contributed by atoms with Crippen molar-refractivity contribution in [3.63, 3.8) is 0 Å². The van der Waals surface area contributed by atoms with Crippen LogP contribution in [0.25, 0.3) is 21.9 Å². The van der Waals surface area contributed by atoms with Crippen molar-refractivity contribution < 1.29 is 24.1 Å². The van der Waals surface area contributed by atoms with Gasteiger partial charge in [0.15, 0.2) is 11.5 Å². The van der Waals surface area contributed by atoms with Crippen molar-refractivity contribution in [1.29, 1.82) is 0 Å². The molecule has 2 N–H and O–H groups in total. The summed E-state index contributed by atoms with van der Waals surface area (Å²) in [4.78, 5) is 13.1. The number of aryl methyl sites for hydroxylation is 1. The molecule has 0 bridgehead atoms. The first kappa shape index (κ1) is 17.7. The molecule has 1 aromatic heterocycles. The molecule has 0 aliphatic rings. The van der Waals surface area contributed by atoms with Crippen LogP contribution in [0.4, 0.5) is 0 Å². The molecule has 0 amide bonds. The van der Waals surface area contributed by atoms with Crippen molar-refractivity contribution in [2.45, 2.75) is 19.8 Å². The molecule has 6 nitrogen and oxygen atoms in total. The van der Waals surface area contributed by atoms with Crippen LogP contribution in [0, 0.1) is 0 Å². The van der Waals surface area contributed by atoms with Crippen molar-refractivity contribution in [3.8, 4) is 23.0 Å². The van der Waals surface area contributed by atoms with Crippen LogP contribution in [-0.4, -0.2) is 24.4 Å². The van der Waals surface area contributed by atoms with Gasteiger partial charge in [0.05, 0.1) is 19.6 Å². The fourth-order valence-electron chi connectivity index (χ4n) is 2.99. The number of aromatic hydroxyl groups is 2. The van der Waals surface area contributed by atoms with Gasteiger partial charge in [-0.25, -0.2) is 0 Å². The fourth-order valence-corrected chi connectivity index (χ4v) is 2.99. The lowest BCUT2D eigenvalue weighted by Crippen LogP contribution is -2.07. The first-order valence-corrected chi connectivity index (χ1v) is 8.08. The largest absolute Gasteiger partial charge is 0.507 e. The molecular weight excluding hydrogens is 336 g/mol. The van der Waals surface area contributed by atoms with Crippen molar-refractivity contribution >= 4 is 21.9 Å². The summed E-state index contributed by atoms with van der Waals surface area (Å²) in [5, 5.41) is 21.1. The minimum absolute atomic E-state index is 0.0411. The third-order valence-electron chi connectivity index (χ3n) is 4.32. The highest BCUT2D eigenvalue weighted by molar-refractivity contribution is 5.96. The average Bonchev–Trinajstić information content (AvgIpc) is 2.60. The van der Waals surface area contributed by atoms with Crippen LogP contribution in [-0.2, 0) is 6.42 Å². The lowest BCUT2D eigenvalue weighted by atomic mass is 9.98. The molecule has 0 spiro atoms. The highest BCUT2D eigenvalue weighted by Crippen LogP contribution is 2.39. The molecule has 0 fully saturated rings. The van der Waals surface area contributed by atoms with Gasteiger partial charge in [0.25, 0.3) is 0 Å². The molecule has 0 atom stereocenters. The summed E-state index contributed by atoms with van der Waals surface area (Å²) in [6.07, 6.45) is 0.976. The molecule has 1 heterocycles. The lowest BCUT2D eigenvalue weighted by molar-refractivity contribution is 0.371. The molecule has 0 saturated heterocycles. The molecule has 0 unspecified atom stereocenters. The molecule has 26 heavy (non-hydrogen) atoms. The second-order valence-corrected chi connectivity index (χ2v) is 6.19. The van der Waals surface area contributed by atoms with Gasteiger partial charge in [0.1, 0.15) is 28.1 Å². The summed E-state index contributed by atoms with van der Waals surface area (Å²) in [7, 11) is 2.88. The van der Waals surface area contributed by atoms with Crippen LogP contribution in [0.5, 0.6) is 23.0 Å². The number of phenolic OH excluding ortho intramolecular Hbond substituents is 2. The normalized spacial score (nSPS) is 11.0.